The molecule has 18 heavy (non-hydrogen) atoms. The Balaban J connectivity index is 2.43. The van der Waals surface area contributed by atoms with E-state index < -0.39 is 0 Å². The lowest BCUT2D eigenvalue weighted by atomic mass is 10.2. The maximum atomic E-state index is 13.1. The molecule has 3 N–H and O–H groups in total. The maximum Gasteiger partial charge on any atom is 0.264 e. The SMILES string of the molecule is C#CC(C)NC(=O)c1sc2ccc(F)cc2c1N. The van der Waals surface area contributed by atoms with Gasteiger partial charge in [-0.05, 0) is 25.1 Å². The van der Waals surface area contributed by atoms with Gasteiger partial charge in [0.05, 0.1) is 11.7 Å². The number of fused-ring (bicyclic) bond motifs is 1. The zero-order valence-corrected chi connectivity index (χ0v) is 10.5. The summed E-state index contributed by atoms with van der Waals surface area (Å²) in [7, 11) is 0. The summed E-state index contributed by atoms with van der Waals surface area (Å²) in [6.45, 7) is 1.70. The summed E-state index contributed by atoms with van der Waals surface area (Å²) in [5, 5.41) is 3.18. The van der Waals surface area contributed by atoms with E-state index in [4.69, 9.17) is 12.2 Å². The molecule has 1 unspecified atom stereocenters. The Hall–Kier alpha value is -2.06. The molecular weight excluding hydrogens is 251 g/mol. The van der Waals surface area contributed by atoms with Gasteiger partial charge in [0.15, 0.2) is 0 Å². The minimum Gasteiger partial charge on any atom is -0.397 e. The molecule has 92 valence electrons. The molecule has 0 aliphatic carbocycles. The lowest BCUT2D eigenvalue weighted by Gasteiger charge is -2.06. The summed E-state index contributed by atoms with van der Waals surface area (Å²) >= 11 is 1.22. The molecular formula is C13H11FN2OS. The van der Waals surface area contributed by atoms with E-state index in [1.807, 2.05) is 0 Å². The third-order valence-corrected chi connectivity index (χ3v) is 3.68. The molecule has 0 fully saturated rings. The van der Waals surface area contributed by atoms with Gasteiger partial charge in [0, 0.05) is 10.1 Å². The van der Waals surface area contributed by atoms with E-state index >= 15 is 0 Å². The van der Waals surface area contributed by atoms with Gasteiger partial charge in [-0.3, -0.25) is 4.79 Å². The minimum absolute atomic E-state index is 0.288. The van der Waals surface area contributed by atoms with Crippen molar-refractivity contribution < 1.29 is 9.18 Å². The van der Waals surface area contributed by atoms with Crippen LogP contribution in [0.2, 0.25) is 0 Å². The van der Waals surface area contributed by atoms with Crippen LogP contribution in [0.15, 0.2) is 18.2 Å². The highest BCUT2D eigenvalue weighted by atomic mass is 32.1. The van der Waals surface area contributed by atoms with E-state index in [0.717, 1.165) is 4.70 Å². The summed E-state index contributed by atoms with van der Waals surface area (Å²) in [6.07, 6.45) is 5.19. The smallest absolute Gasteiger partial charge is 0.264 e. The van der Waals surface area contributed by atoms with Crippen LogP contribution in [0, 0.1) is 18.2 Å². The molecule has 1 aromatic carbocycles. The fourth-order valence-corrected chi connectivity index (χ4v) is 2.57. The number of halogens is 1. The third kappa shape index (κ3) is 2.15. The first-order chi connectivity index (χ1) is 8.52. The van der Waals surface area contributed by atoms with E-state index in [2.05, 4.69) is 11.2 Å². The summed E-state index contributed by atoms with van der Waals surface area (Å²) < 4.78 is 13.9. The maximum absolute atomic E-state index is 13.1. The number of nitrogens with one attached hydrogen (secondary N) is 1. The Kier molecular flexibility index (Phi) is 3.21. The van der Waals surface area contributed by atoms with Crippen LogP contribution in [0.25, 0.3) is 10.1 Å². The van der Waals surface area contributed by atoms with Crippen LogP contribution in [-0.4, -0.2) is 11.9 Å². The molecule has 1 atom stereocenters. The van der Waals surface area contributed by atoms with Gasteiger partial charge < -0.3 is 11.1 Å². The fraction of sp³-hybridized carbons (Fsp3) is 0.154. The number of thiophene rings is 1. The number of terminal acetylenes is 1. The number of anilines is 1. The van der Waals surface area contributed by atoms with Crippen LogP contribution in [0.5, 0.6) is 0 Å². The molecule has 0 aliphatic rings. The normalized spacial score (nSPS) is 12.1. The van der Waals surface area contributed by atoms with Gasteiger partial charge in [-0.2, -0.15) is 0 Å². The molecule has 0 bridgehead atoms. The third-order valence-electron chi connectivity index (χ3n) is 2.49. The van der Waals surface area contributed by atoms with Crippen molar-refractivity contribution in [2.45, 2.75) is 13.0 Å². The minimum atomic E-state index is -0.379. The molecule has 1 amide bonds. The molecule has 0 saturated heterocycles. The first kappa shape index (κ1) is 12.4. The van der Waals surface area contributed by atoms with E-state index in [1.165, 1.54) is 23.5 Å². The summed E-state index contributed by atoms with van der Waals surface area (Å²) in [5.41, 5.74) is 6.15. The van der Waals surface area contributed by atoms with Crippen LogP contribution in [0.1, 0.15) is 16.6 Å². The Bertz CT molecular complexity index is 657. The second kappa shape index (κ2) is 4.67. The van der Waals surface area contributed by atoms with Crippen molar-refractivity contribution in [1.82, 2.24) is 5.32 Å². The number of nitrogen functional groups attached to an aromatic ring is 1. The summed E-state index contributed by atoms with van der Waals surface area (Å²) in [6, 6.07) is 3.89. The predicted molar refractivity (Wildman–Crippen MR) is 72.0 cm³/mol. The summed E-state index contributed by atoms with van der Waals surface area (Å²) in [4.78, 5) is 12.3. The predicted octanol–water partition coefficient (Wildman–Crippen LogP) is 2.37. The Morgan fingerprint density at radius 2 is 2.33 bits per heavy atom. The standard InChI is InChI=1S/C13H11FN2OS/c1-3-7(2)16-13(17)12-11(15)9-6-8(14)4-5-10(9)18-12/h1,4-7H,15H2,2H3,(H,16,17). The van der Waals surface area contributed by atoms with E-state index in [-0.39, 0.29) is 23.5 Å². The first-order valence-corrected chi connectivity index (χ1v) is 6.09. The average Bonchev–Trinajstić information content (AvgIpc) is 2.66. The van der Waals surface area contributed by atoms with Gasteiger partial charge in [0.2, 0.25) is 0 Å². The first-order valence-electron chi connectivity index (χ1n) is 5.27. The quantitative estimate of drug-likeness (QED) is 0.816. The van der Waals surface area contributed by atoms with Crippen LogP contribution >= 0.6 is 11.3 Å². The van der Waals surface area contributed by atoms with Gasteiger partial charge in [-0.15, -0.1) is 17.8 Å². The highest BCUT2D eigenvalue weighted by Crippen LogP contribution is 2.33. The molecule has 2 aromatic rings. The van der Waals surface area contributed by atoms with E-state index in [0.29, 0.717) is 10.3 Å². The zero-order valence-electron chi connectivity index (χ0n) is 9.66. The van der Waals surface area contributed by atoms with Crippen LogP contribution in [0.4, 0.5) is 10.1 Å². The number of rotatable bonds is 2. The van der Waals surface area contributed by atoms with Gasteiger partial charge in [0.25, 0.3) is 5.91 Å². The van der Waals surface area contributed by atoms with E-state index in [9.17, 15) is 9.18 Å². The largest absolute Gasteiger partial charge is 0.397 e. The molecule has 3 nitrogen and oxygen atoms in total. The number of nitrogens with two attached hydrogens (primary N) is 1. The molecule has 5 heteroatoms. The average molecular weight is 262 g/mol. The van der Waals surface area contributed by atoms with Crippen molar-refractivity contribution in [2.24, 2.45) is 0 Å². The second-order valence-electron chi connectivity index (χ2n) is 3.85. The number of carbonyl (C=O) groups excluding carboxylic acids is 1. The van der Waals surface area contributed by atoms with Crippen molar-refractivity contribution in [3.05, 3.63) is 28.9 Å². The number of hydrogen-bond acceptors (Lipinski definition) is 3. The molecule has 2 rings (SSSR count). The molecule has 0 spiro atoms. The van der Waals surface area contributed by atoms with Crippen LogP contribution < -0.4 is 11.1 Å². The van der Waals surface area contributed by atoms with Gasteiger partial charge in [0.1, 0.15) is 10.7 Å². The highest BCUT2D eigenvalue weighted by molar-refractivity contribution is 7.21. The van der Waals surface area contributed by atoms with Crippen molar-refractivity contribution >= 4 is 33.0 Å². The van der Waals surface area contributed by atoms with Crippen LogP contribution in [-0.2, 0) is 0 Å². The number of carbonyl (C=O) groups is 1. The highest BCUT2D eigenvalue weighted by Gasteiger charge is 2.17. The zero-order chi connectivity index (χ0) is 13.3. The van der Waals surface area contributed by atoms with Crippen molar-refractivity contribution in [2.75, 3.05) is 5.73 Å². The Morgan fingerprint density at radius 3 is 3.00 bits per heavy atom. The van der Waals surface area contributed by atoms with Crippen molar-refractivity contribution in [1.29, 1.82) is 0 Å². The Morgan fingerprint density at radius 1 is 1.61 bits per heavy atom. The number of benzene rings is 1. The van der Waals surface area contributed by atoms with Crippen molar-refractivity contribution in [3.8, 4) is 12.3 Å². The second-order valence-corrected chi connectivity index (χ2v) is 4.90. The lowest BCUT2D eigenvalue weighted by molar-refractivity contribution is 0.0953. The lowest BCUT2D eigenvalue weighted by Crippen LogP contribution is -2.31. The molecule has 1 aromatic heterocycles. The topological polar surface area (TPSA) is 55.1 Å². The van der Waals surface area contributed by atoms with Gasteiger partial charge in [-0.25, -0.2) is 4.39 Å². The monoisotopic (exact) mass is 262 g/mol. The molecule has 1 heterocycles. The Labute approximate surface area is 108 Å². The fourth-order valence-electron chi connectivity index (χ4n) is 1.56. The van der Waals surface area contributed by atoms with Crippen LogP contribution in [0.3, 0.4) is 0 Å². The molecule has 0 aliphatic heterocycles. The summed E-state index contributed by atoms with van der Waals surface area (Å²) in [5.74, 6) is 1.69. The van der Waals surface area contributed by atoms with Gasteiger partial charge in [-0.1, -0.05) is 5.92 Å². The molecule has 0 saturated carbocycles. The van der Waals surface area contributed by atoms with E-state index in [1.54, 1.807) is 13.0 Å². The molecule has 0 radical (unpaired) electrons. The number of hydrogen-bond donors (Lipinski definition) is 2. The number of amides is 1. The van der Waals surface area contributed by atoms with Crippen molar-refractivity contribution in [3.63, 3.8) is 0 Å². The van der Waals surface area contributed by atoms with Gasteiger partial charge >= 0.3 is 0 Å².